The lowest BCUT2D eigenvalue weighted by Gasteiger charge is -2.42. The van der Waals surface area contributed by atoms with Crippen LogP contribution in [0.15, 0.2) is 131 Å². The minimum absolute atomic E-state index is 0.00686. The number of hydrogen-bond acceptors (Lipinski definition) is 27. The van der Waals surface area contributed by atoms with Crippen LogP contribution in [0.2, 0.25) is 0 Å². The van der Waals surface area contributed by atoms with E-state index in [-0.39, 0.29) is 128 Å². The monoisotopic (exact) mass is 1980 g/mol. The zero-order chi connectivity index (χ0) is 103. The topological polar surface area (TPSA) is 705 Å². The maximum absolute atomic E-state index is 14.8. The van der Waals surface area contributed by atoms with E-state index in [1.54, 1.807) is 114 Å². The predicted molar refractivity (Wildman–Crippen MR) is 523 cm³/mol. The van der Waals surface area contributed by atoms with Gasteiger partial charge in [-0.25, -0.2) is 14.4 Å². The lowest BCUT2D eigenvalue weighted by molar-refractivity contribution is -0.136. The van der Waals surface area contributed by atoms with Crippen LogP contribution >= 0.6 is 11.8 Å². The second-order valence-corrected chi connectivity index (χ2v) is 36.3. The first kappa shape index (κ1) is 112. The number of carbonyl (C=O) groups excluding carboxylic acids is 17. The number of primary amides is 1. The number of aromatic nitrogens is 3. The highest BCUT2D eigenvalue weighted by molar-refractivity contribution is 7.99. The number of urea groups is 1. The summed E-state index contributed by atoms with van der Waals surface area (Å²) < 4.78 is 6.87. The summed E-state index contributed by atoms with van der Waals surface area (Å²) in [4.78, 5) is 243. The van der Waals surface area contributed by atoms with Gasteiger partial charge in [0.05, 0.1) is 40.2 Å². The fraction of sp³-hybridized carbons (Fsp3) is 0.484. The highest BCUT2D eigenvalue weighted by Gasteiger charge is 2.42. The Morgan fingerprint density at radius 2 is 1.18 bits per heavy atom. The van der Waals surface area contributed by atoms with Gasteiger partial charge in [0.2, 0.25) is 76.8 Å². The van der Waals surface area contributed by atoms with Crippen molar-refractivity contribution in [3.63, 3.8) is 0 Å². The molecule has 764 valence electrons. The normalized spacial score (nSPS) is 19.1. The summed E-state index contributed by atoms with van der Waals surface area (Å²) in [5, 5.41) is 71.8. The SMILES string of the molecule is CNC(=O)c1ccccc1Sc1ccc2c(/C=C/c3ccccn3)nn(C(=O)NC3(CNC(=O)OCc4ccc(NC(=O)[C@H](CCCNC(N)=O)NC(=O)[C@@H](NC(=O)CCCC(=O)N[C@@H](C(=O)N[C@H](CCN)C(=O)N[C@@H]5CCNC(=O)[C@@H]([C@H](C)O)NC(=O)[C@@H](CCN)NC(=O)[C@@H](CCN)NC(=O)[C@@H](CC(C)C)NC(=O)[C@H](Cc6ccccc6)NC(=O)[C@@H](CCN)NC5=O)[C@H](C)O)C(C)C)cc4)CCC3)c2c1. The first-order valence-electron chi connectivity index (χ1n) is 46.9. The Morgan fingerprint density at radius 3 is 1.76 bits per heavy atom. The molecule has 3 heterocycles. The fourth-order valence-corrected chi connectivity index (χ4v) is 16.3. The van der Waals surface area contributed by atoms with Gasteiger partial charge in [-0.1, -0.05) is 100 Å². The Balaban J connectivity index is 0.872. The Hall–Kier alpha value is -14.1. The fourth-order valence-electron chi connectivity index (χ4n) is 15.4. The molecular formula is C95H133N25O20S. The van der Waals surface area contributed by atoms with Crippen LogP contribution in [0.5, 0.6) is 0 Å². The minimum atomic E-state index is -1.79. The smallest absolute Gasteiger partial charge is 0.407 e. The van der Waals surface area contributed by atoms with Gasteiger partial charge in [-0.3, -0.25) is 72.1 Å². The number of amides is 18. The second-order valence-electron chi connectivity index (χ2n) is 35.2. The molecule has 1 aliphatic heterocycles. The van der Waals surface area contributed by atoms with Crippen LogP contribution < -0.4 is 119 Å². The van der Waals surface area contributed by atoms with Crippen molar-refractivity contribution < 1.29 is 96.5 Å². The van der Waals surface area contributed by atoms with E-state index in [9.17, 15) is 91.7 Å². The van der Waals surface area contributed by atoms with E-state index in [1.807, 2.05) is 42.5 Å². The Morgan fingerprint density at radius 1 is 0.596 bits per heavy atom. The summed E-state index contributed by atoms with van der Waals surface area (Å²) in [5.74, 6) is -13.1. The third-order valence-corrected chi connectivity index (χ3v) is 24.3. The van der Waals surface area contributed by atoms with Gasteiger partial charge in [0, 0.05) is 73.0 Å². The standard InChI is InChI=1S/C95H133N25O20S/c1-53(2)48-71-87(132)109-66(34-41-96)82(127)108-69(37-44-99)86(131)117-78(55(5)121)89(134)103-47-38-70(85(130)107-67(35-42-97)84(129)114-72(88(133)113-71)49-57-18-9-8-10-19-57)110-83(128)68(36-43-98)112-91(136)79(56(6)122)116-76(124)25-15-24-75(123)115-77(54(3)4)90(135)111-65(22-16-46-104-92(100)137)81(126)106-60-28-26-58(27-29-60)51-140-94(139)105-52-95(39-17-40-95)118-93(138)120-73-50-61(141-74-23-12-11-21-63(74)80(125)101-7)31-32-62(73)64(119-120)33-30-59-20-13-14-45-102-59/h8-14,18-21,23,26-33,45,50,53-56,65-72,77-79,121-122H,15-17,22,24-25,34-44,46-49,51-52,96-99H2,1-7H3,(H,101,125)(H,103,134)(H,105,139)(H,106,126)(H,107,130)(H,108,127)(H,109,132)(H,110,128)(H,111,135)(H,112,136)(H,113,133)(H,114,129)(H,115,123)(H,116,124)(H,117,131)(H,118,138)(H3,100,104,137)/b33-30+/t55-,56-,65-,66+,67+,68+,69+,70+,71+,72-,77-,78+,79+/m0/s1. The first-order valence-corrected chi connectivity index (χ1v) is 47.7. The summed E-state index contributed by atoms with van der Waals surface area (Å²) >= 11 is 1.35. The van der Waals surface area contributed by atoms with Crippen LogP contribution in [-0.4, -0.2) is 263 Å². The van der Waals surface area contributed by atoms with Crippen molar-refractivity contribution in [3.8, 4) is 0 Å². The van der Waals surface area contributed by atoms with E-state index in [0.29, 0.717) is 56.7 Å². The summed E-state index contributed by atoms with van der Waals surface area (Å²) in [6, 6.07) is 14.8. The second kappa shape index (κ2) is 56.3. The van der Waals surface area contributed by atoms with Gasteiger partial charge in [0.25, 0.3) is 5.91 Å². The number of fused-ring (bicyclic) bond motifs is 1. The van der Waals surface area contributed by atoms with Gasteiger partial charge >= 0.3 is 18.2 Å². The molecule has 13 atom stereocenters. The van der Waals surface area contributed by atoms with Crippen LogP contribution in [0.1, 0.15) is 164 Å². The molecule has 1 aliphatic carbocycles. The van der Waals surface area contributed by atoms with Crippen molar-refractivity contribution in [2.75, 3.05) is 58.2 Å². The Bertz CT molecular complexity index is 5340. The zero-order valence-corrected chi connectivity index (χ0v) is 80.8. The number of rotatable bonds is 43. The molecular weight excluding hydrogens is 1840 g/mol. The van der Waals surface area contributed by atoms with Crippen molar-refractivity contribution in [1.29, 1.82) is 0 Å². The molecule has 6 aromatic rings. The Labute approximate surface area is 820 Å². The summed E-state index contributed by atoms with van der Waals surface area (Å²) in [6.07, 6.45) is 0.355. The van der Waals surface area contributed by atoms with E-state index >= 15 is 0 Å². The van der Waals surface area contributed by atoms with Crippen molar-refractivity contribution in [1.82, 2.24) is 99.8 Å². The van der Waals surface area contributed by atoms with Gasteiger partial charge in [-0.05, 0) is 207 Å². The molecule has 0 unspecified atom stereocenters. The third kappa shape index (κ3) is 35.3. The lowest BCUT2D eigenvalue weighted by Crippen LogP contribution is -2.61. The molecule has 141 heavy (non-hydrogen) atoms. The number of carbonyl (C=O) groups is 17. The van der Waals surface area contributed by atoms with Crippen LogP contribution in [0.4, 0.5) is 20.1 Å². The first-order chi connectivity index (χ1) is 67.3. The number of anilines is 1. The van der Waals surface area contributed by atoms with E-state index < -0.39 is 204 Å². The molecule has 0 spiro atoms. The number of nitrogens with one attached hydrogen (secondary N) is 17. The number of nitrogens with two attached hydrogens (primary N) is 5. The van der Waals surface area contributed by atoms with E-state index in [0.717, 1.165) is 18.2 Å². The lowest BCUT2D eigenvalue weighted by atomic mass is 9.76. The van der Waals surface area contributed by atoms with Crippen LogP contribution in [0.3, 0.4) is 0 Å². The molecule has 45 nitrogen and oxygen atoms in total. The summed E-state index contributed by atoms with van der Waals surface area (Å²) in [5.41, 5.74) is 31.7. The minimum Gasteiger partial charge on any atom is -0.445 e. The predicted octanol–water partition coefficient (Wildman–Crippen LogP) is -0.969. The molecule has 4 aromatic carbocycles. The van der Waals surface area contributed by atoms with Gasteiger partial charge in [0.15, 0.2) is 0 Å². The quantitative estimate of drug-likeness (QED) is 0.0205. The van der Waals surface area contributed by atoms with Crippen LogP contribution in [0, 0.1) is 11.8 Å². The van der Waals surface area contributed by atoms with Crippen LogP contribution in [0.25, 0.3) is 23.1 Å². The van der Waals surface area contributed by atoms with E-state index in [1.165, 1.54) is 35.5 Å². The number of aliphatic hydroxyl groups excluding tert-OH is 2. The number of aliphatic hydroxyl groups is 2. The largest absolute Gasteiger partial charge is 0.445 e. The summed E-state index contributed by atoms with van der Waals surface area (Å²) in [6.45, 7) is 7.54. The number of benzene rings is 4. The molecule has 0 radical (unpaired) electrons. The molecule has 0 bridgehead atoms. The van der Waals surface area contributed by atoms with Gasteiger partial charge in [0.1, 0.15) is 73.1 Å². The van der Waals surface area contributed by atoms with Crippen molar-refractivity contribution in [3.05, 3.63) is 150 Å². The highest BCUT2D eigenvalue weighted by Crippen LogP contribution is 2.36. The van der Waals surface area contributed by atoms with Crippen molar-refractivity contribution in [2.24, 2.45) is 40.5 Å². The maximum atomic E-state index is 14.8. The number of ether oxygens (including phenoxy) is 1. The number of nitrogens with zero attached hydrogens (tertiary/aromatic N) is 3. The molecule has 2 fully saturated rings. The average molecular weight is 1980 g/mol. The molecule has 29 N–H and O–H groups in total. The van der Waals surface area contributed by atoms with Crippen LogP contribution in [-0.2, 0) is 80.1 Å². The van der Waals surface area contributed by atoms with Gasteiger partial charge in [-0.15, -0.1) is 0 Å². The van der Waals surface area contributed by atoms with Crippen molar-refractivity contribution >= 4 is 141 Å². The molecule has 8 rings (SSSR count). The van der Waals surface area contributed by atoms with Gasteiger partial charge in [-0.2, -0.15) is 9.78 Å². The zero-order valence-electron chi connectivity index (χ0n) is 80.0. The van der Waals surface area contributed by atoms with E-state index in [2.05, 4.69) is 95.4 Å². The number of hydrogen-bond donors (Lipinski definition) is 24. The number of pyridine rings is 1. The third-order valence-electron chi connectivity index (χ3n) is 23.2. The highest BCUT2D eigenvalue weighted by atomic mass is 32.2. The molecule has 1 saturated carbocycles. The molecule has 2 aliphatic rings. The average Bonchev–Trinajstić information content (AvgIpc) is 1.62. The Kier molecular flexibility index (Phi) is 44.8. The van der Waals surface area contributed by atoms with E-state index in [4.69, 9.17) is 38.5 Å². The number of alkyl carbamates (subject to hydrolysis) is 1. The van der Waals surface area contributed by atoms with Crippen molar-refractivity contribution in [2.45, 2.75) is 238 Å². The van der Waals surface area contributed by atoms with Gasteiger partial charge < -0.3 is 134 Å². The maximum Gasteiger partial charge on any atom is 0.407 e. The summed E-state index contributed by atoms with van der Waals surface area (Å²) in [7, 11) is 1.55. The molecule has 2 aromatic heterocycles. The molecule has 46 heteroatoms. The molecule has 18 amide bonds. The molecule has 1 saturated heterocycles.